The van der Waals surface area contributed by atoms with Crippen LogP contribution in [0.1, 0.15) is 11.1 Å². The molecule has 0 bridgehead atoms. The quantitative estimate of drug-likeness (QED) is 0.385. The summed E-state index contributed by atoms with van der Waals surface area (Å²) in [5, 5.41) is 2.33. The molecule has 0 aliphatic rings. The SMILES string of the molecule is C#CCOC(=O)OC[C@H](NC(=O)OCc1ccccc1)C(=O)OCc1ccccc1. The molecule has 156 valence electrons. The van der Waals surface area contributed by atoms with E-state index in [1.807, 2.05) is 12.1 Å². The number of rotatable bonds is 9. The van der Waals surface area contributed by atoms with Gasteiger partial charge in [0.2, 0.25) is 0 Å². The summed E-state index contributed by atoms with van der Waals surface area (Å²) in [5.41, 5.74) is 1.52. The third-order valence-electron chi connectivity index (χ3n) is 3.65. The maximum Gasteiger partial charge on any atom is 0.509 e. The molecule has 0 unspecified atom stereocenters. The highest BCUT2D eigenvalue weighted by Gasteiger charge is 2.25. The van der Waals surface area contributed by atoms with Crippen LogP contribution in [0.3, 0.4) is 0 Å². The summed E-state index contributed by atoms with van der Waals surface area (Å²) in [7, 11) is 0. The van der Waals surface area contributed by atoms with Gasteiger partial charge in [0.15, 0.2) is 12.6 Å². The molecule has 0 saturated heterocycles. The highest BCUT2D eigenvalue weighted by atomic mass is 16.7. The highest BCUT2D eigenvalue weighted by molar-refractivity contribution is 5.81. The van der Waals surface area contributed by atoms with E-state index in [1.165, 1.54) is 0 Å². The van der Waals surface area contributed by atoms with E-state index in [4.69, 9.17) is 20.6 Å². The van der Waals surface area contributed by atoms with Crippen molar-refractivity contribution in [2.75, 3.05) is 13.2 Å². The Bertz CT molecular complexity index is 862. The molecule has 1 atom stereocenters. The Morgan fingerprint density at radius 2 is 1.40 bits per heavy atom. The molecular formula is C22H21NO7. The number of carbonyl (C=O) groups is 3. The number of carbonyl (C=O) groups excluding carboxylic acids is 3. The molecule has 30 heavy (non-hydrogen) atoms. The van der Waals surface area contributed by atoms with Crippen molar-refractivity contribution in [3.63, 3.8) is 0 Å². The van der Waals surface area contributed by atoms with E-state index < -0.39 is 30.9 Å². The van der Waals surface area contributed by atoms with Gasteiger partial charge in [-0.05, 0) is 11.1 Å². The first-order chi connectivity index (χ1) is 14.6. The molecular weight excluding hydrogens is 390 g/mol. The van der Waals surface area contributed by atoms with Crippen LogP contribution in [-0.4, -0.2) is 37.5 Å². The fraction of sp³-hybridized carbons (Fsp3) is 0.227. The van der Waals surface area contributed by atoms with Crippen LogP contribution in [-0.2, 0) is 37.0 Å². The van der Waals surface area contributed by atoms with Crippen molar-refractivity contribution in [3.05, 3.63) is 71.8 Å². The predicted octanol–water partition coefficient (Wildman–Crippen LogP) is 2.81. The van der Waals surface area contributed by atoms with Crippen LogP contribution in [0.4, 0.5) is 9.59 Å². The van der Waals surface area contributed by atoms with Gasteiger partial charge in [-0.1, -0.05) is 66.6 Å². The number of alkyl carbamates (subject to hydrolysis) is 1. The molecule has 1 amide bonds. The van der Waals surface area contributed by atoms with E-state index in [0.29, 0.717) is 0 Å². The fourth-order valence-electron chi connectivity index (χ4n) is 2.20. The average Bonchev–Trinajstić information content (AvgIpc) is 2.78. The predicted molar refractivity (Wildman–Crippen MR) is 106 cm³/mol. The molecule has 2 aromatic carbocycles. The molecule has 8 heteroatoms. The molecule has 0 aliphatic heterocycles. The number of ether oxygens (including phenoxy) is 4. The Morgan fingerprint density at radius 3 is 1.97 bits per heavy atom. The van der Waals surface area contributed by atoms with Crippen molar-refractivity contribution in [1.82, 2.24) is 5.32 Å². The maximum atomic E-state index is 12.4. The number of amides is 1. The zero-order valence-electron chi connectivity index (χ0n) is 16.1. The van der Waals surface area contributed by atoms with E-state index in [-0.39, 0.29) is 19.8 Å². The largest absolute Gasteiger partial charge is 0.509 e. The van der Waals surface area contributed by atoms with E-state index in [1.54, 1.807) is 48.5 Å². The van der Waals surface area contributed by atoms with Crippen LogP contribution in [0, 0.1) is 12.3 Å². The van der Waals surface area contributed by atoms with Crippen molar-refractivity contribution < 1.29 is 33.3 Å². The van der Waals surface area contributed by atoms with Crippen LogP contribution in [0.2, 0.25) is 0 Å². The molecule has 0 fully saturated rings. The molecule has 2 rings (SSSR count). The van der Waals surface area contributed by atoms with Crippen molar-refractivity contribution in [2.45, 2.75) is 19.3 Å². The van der Waals surface area contributed by atoms with Gasteiger partial charge in [-0.2, -0.15) is 0 Å². The molecule has 2 aromatic rings. The van der Waals surface area contributed by atoms with Gasteiger partial charge in [0.1, 0.15) is 19.8 Å². The molecule has 1 N–H and O–H groups in total. The zero-order chi connectivity index (χ0) is 21.6. The second kappa shape index (κ2) is 12.5. The Balaban J connectivity index is 1.91. The van der Waals surface area contributed by atoms with E-state index in [0.717, 1.165) is 11.1 Å². The smallest absolute Gasteiger partial charge is 0.459 e. The van der Waals surface area contributed by atoms with E-state index in [9.17, 15) is 14.4 Å². The normalized spacial score (nSPS) is 10.8. The first-order valence-corrected chi connectivity index (χ1v) is 8.99. The lowest BCUT2D eigenvalue weighted by Crippen LogP contribution is -2.45. The topological polar surface area (TPSA) is 100 Å². The second-order valence-electron chi connectivity index (χ2n) is 5.91. The molecule has 0 heterocycles. The van der Waals surface area contributed by atoms with Crippen molar-refractivity contribution in [2.24, 2.45) is 0 Å². The van der Waals surface area contributed by atoms with Gasteiger partial charge in [-0.15, -0.1) is 6.42 Å². The first kappa shape index (κ1) is 22.3. The minimum absolute atomic E-state index is 0.00350. The van der Waals surface area contributed by atoms with Gasteiger partial charge in [0.25, 0.3) is 0 Å². The summed E-state index contributed by atoms with van der Waals surface area (Å²) in [5.74, 6) is 1.30. The van der Waals surface area contributed by atoms with Gasteiger partial charge in [0.05, 0.1) is 0 Å². The number of esters is 1. The number of benzene rings is 2. The summed E-state index contributed by atoms with van der Waals surface area (Å²) in [6.45, 7) is -0.812. The zero-order valence-corrected chi connectivity index (χ0v) is 16.1. The fourth-order valence-corrected chi connectivity index (χ4v) is 2.20. The van der Waals surface area contributed by atoms with Crippen LogP contribution in [0.25, 0.3) is 0 Å². The van der Waals surface area contributed by atoms with Crippen molar-refractivity contribution >= 4 is 18.2 Å². The minimum atomic E-state index is -1.30. The van der Waals surface area contributed by atoms with Gasteiger partial charge in [-0.3, -0.25) is 0 Å². The minimum Gasteiger partial charge on any atom is -0.459 e. The third-order valence-corrected chi connectivity index (χ3v) is 3.65. The summed E-state index contributed by atoms with van der Waals surface area (Å²) in [4.78, 5) is 35.9. The van der Waals surface area contributed by atoms with Crippen LogP contribution in [0.15, 0.2) is 60.7 Å². The standard InChI is InChI=1S/C22H21NO7/c1-2-13-27-22(26)30-16-19(20(24)28-14-17-9-5-3-6-10-17)23-21(25)29-15-18-11-7-4-8-12-18/h1,3-12,19H,13-16H2,(H,23,25)/t19-/m0/s1. The Morgan fingerprint density at radius 1 is 0.833 bits per heavy atom. The lowest BCUT2D eigenvalue weighted by atomic mass is 10.2. The maximum absolute atomic E-state index is 12.4. The summed E-state index contributed by atoms with van der Waals surface area (Å²) in [6, 6.07) is 16.7. The Hall–Kier alpha value is -3.99. The second-order valence-corrected chi connectivity index (χ2v) is 5.91. The molecule has 0 aliphatic carbocycles. The van der Waals surface area contributed by atoms with Crippen LogP contribution in [0.5, 0.6) is 0 Å². The van der Waals surface area contributed by atoms with E-state index in [2.05, 4.69) is 16.0 Å². The lowest BCUT2D eigenvalue weighted by molar-refractivity contribution is -0.148. The number of terminal acetylenes is 1. The number of hydrogen-bond acceptors (Lipinski definition) is 7. The van der Waals surface area contributed by atoms with E-state index >= 15 is 0 Å². The Labute approximate surface area is 174 Å². The molecule has 0 spiro atoms. The summed E-state index contributed by atoms with van der Waals surface area (Å²) >= 11 is 0. The number of nitrogens with one attached hydrogen (secondary N) is 1. The lowest BCUT2D eigenvalue weighted by Gasteiger charge is -2.17. The van der Waals surface area contributed by atoms with Crippen molar-refractivity contribution in [3.8, 4) is 12.3 Å². The van der Waals surface area contributed by atoms with Gasteiger partial charge >= 0.3 is 18.2 Å². The van der Waals surface area contributed by atoms with Crippen molar-refractivity contribution in [1.29, 1.82) is 0 Å². The number of hydrogen-bond donors (Lipinski definition) is 1. The van der Waals surface area contributed by atoms with Gasteiger partial charge in [-0.25, -0.2) is 14.4 Å². The van der Waals surface area contributed by atoms with Crippen LogP contribution >= 0.6 is 0 Å². The first-order valence-electron chi connectivity index (χ1n) is 8.99. The van der Waals surface area contributed by atoms with Gasteiger partial charge < -0.3 is 24.3 Å². The average molecular weight is 411 g/mol. The molecule has 0 saturated carbocycles. The van der Waals surface area contributed by atoms with Gasteiger partial charge in [0, 0.05) is 0 Å². The third kappa shape index (κ3) is 8.35. The highest BCUT2D eigenvalue weighted by Crippen LogP contribution is 2.04. The Kier molecular flexibility index (Phi) is 9.27. The molecule has 0 aromatic heterocycles. The summed E-state index contributed by atoms with van der Waals surface area (Å²) < 4.78 is 19.7. The molecule has 0 radical (unpaired) electrons. The molecule has 8 nitrogen and oxygen atoms in total. The monoisotopic (exact) mass is 411 g/mol. The van der Waals surface area contributed by atoms with Crippen LogP contribution < -0.4 is 5.32 Å². The summed E-state index contributed by atoms with van der Waals surface area (Å²) in [6.07, 6.45) is 3.04.